The number of likely N-dealkylation sites (N-methyl/N-ethyl adjacent to an activating group) is 1. The summed E-state index contributed by atoms with van der Waals surface area (Å²) in [5.74, 6) is -1.32. The van der Waals surface area contributed by atoms with Crippen LogP contribution in [0.5, 0.6) is 0 Å². The molecular weight excluding hydrogens is 310 g/mol. The van der Waals surface area contributed by atoms with Gasteiger partial charge < -0.3 is 14.2 Å². The lowest BCUT2D eigenvalue weighted by Crippen LogP contribution is -2.55. The van der Waals surface area contributed by atoms with Crippen LogP contribution < -0.4 is 0 Å². The van der Waals surface area contributed by atoms with Crippen LogP contribution in [0.4, 0.5) is 0 Å². The first kappa shape index (κ1) is 16.9. The average Bonchev–Trinajstić information content (AvgIpc) is 2.81. The number of carbonyl (C=O) groups is 2. The fourth-order valence-corrected chi connectivity index (χ4v) is 4.03. The number of benzene rings is 1. The van der Waals surface area contributed by atoms with E-state index in [1.807, 2.05) is 13.1 Å². The first-order valence-electron chi connectivity index (χ1n) is 8.15. The number of hydrogen-bond donors (Lipinski definition) is 0. The van der Waals surface area contributed by atoms with Crippen LogP contribution in [0.15, 0.2) is 30.3 Å². The molecule has 1 aromatic carbocycles. The molecule has 0 aromatic heterocycles. The van der Waals surface area contributed by atoms with E-state index in [9.17, 15) is 9.59 Å². The van der Waals surface area contributed by atoms with Gasteiger partial charge >= 0.3 is 11.9 Å². The fourth-order valence-electron chi connectivity index (χ4n) is 4.03. The SMILES string of the molecule is COC(=O)[C@H]1C2[C@H](OC)C[C@H](C[C@@H]1OC(=O)c1ccccc1)N2C. The van der Waals surface area contributed by atoms with Crippen molar-refractivity contribution in [3.8, 4) is 0 Å². The Kier molecular flexibility index (Phi) is 4.87. The summed E-state index contributed by atoms with van der Waals surface area (Å²) in [5, 5.41) is 0. The van der Waals surface area contributed by atoms with Gasteiger partial charge in [0.25, 0.3) is 0 Å². The highest BCUT2D eigenvalue weighted by Crippen LogP contribution is 2.41. The number of piperidine rings is 1. The average molecular weight is 333 g/mol. The minimum atomic E-state index is -0.545. The number of nitrogens with zero attached hydrogens (tertiary/aromatic N) is 1. The molecule has 0 amide bonds. The molecule has 0 N–H and O–H groups in total. The smallest absolute Gasteiger partial charge is 0.338 e. The van der Waals surface area contributed by atoms with E-state index in [1.54, 1.807) is 31.4 Å². The zero-order valence-electron chi connectivity index (χ0n) is 14.2. The summed E-state index contributed by atoms with van der Waals surface area (Å²) in [6.07, 6.45) is 0.858. The van der Waals surface area contributed by atoms with E-state index in [-0.39, 0.29) is 24.2 Å². The standard InChI is InChI=1S/C18H23NO5/c1-19-12-9-13(24-17(20)11-7-5-4-6-8-11)15(18(21)23-3)16(19)14(10-12)22-2/h4-8,12-16H,9-10H2,1-3H3/t12-,13-,14+,15+,16?/m0/s1. The maximum absolute atomic E-state index is 12.4. The Hall–Kier alpha value is -1.92. The van der Waals surface area contributed by atoms with Gasteiger partial charge in [-0.25, -0.2) is 4.79 Å². The van der Waals surface area contributed by atoms with Gasteiger partial charge in [0.2, 0.25) is 0 Å². The third-order valence-electron chi connectivity index (χ3n) is 5.25. The van der Waals surface area contributed by atoms with Gasteiger partial charge in [-0.1, -0.05) is 18.2 Å². The molecular formula is C18H23NO5. The van der Waals surface area contributed by atoms with Crippen molar-refractivity contribution in [2.24, 2.45) is 5.92 Å². The number of esters is 2. The van der Waals surface area contributed by atoms with E-state index >= 15 is 0 Å². The second-order valence-electron chi connectivity index (χ2n) is 6.41. The number of fused-ring (bicyclic) bond motifs is 2. The lowest BCUT2D eigenvalue weighted by molar-refractivity contribution is -0.158. The lowest BCUT2D eigenvalue weighted by atomic mass is 9.87. The summed E-state index contributed by atoms with van der Waals surface area (Å²) in [7, 11) is 5.00. The maximum atomic E-state index is 12.4. The third kappa shape index (κ3) is 2.91. The van der Waals surface area contributed by atoms with Crippen molar-refractivity contribution in [2.75, 3.05) is 21.3 Å². The van der Waals surface area contributed by atoms with E-state index in [0.717, 1.165) is 6.42 Å². The molecule has 2 aliphatic heterocycles. The lowest BCUT2D eigenvalue weighted by Gasteiger charge is -2.41. The highest BCUT2D eigenvalue weighted by atomic mass is 16.6. The maximum Gasteiger partial charge on any atom is 0.338 e. The van der Waals surface area contributed by atoms with Crippen LogP contribution in [-0.4, -0.2) is 62.4 Å². The van der Waals surface area contributed by atoms with E-state index in [2.05, 4.69) is 4.90 Å². The summed E-state index contributed by atoms with van der Waals surface area (Å²) in [6.45, 7) is 0. The zero-order valence-corrected chi connectivity index (χ0v) is 14.2. The van der Waals surface area contributed by atoms with Crippen molar-refractivity contribution >= 4 is 11.9 Å². The Balaban J connectivity index is 1.84. The molecule has 24 heavy (non-hydrogen) atoms. The highest BCUT2D eigenvalue weighted by Gasteiger charge is 2.55. The van der Waals surface area contributed by atoms with Gasteiger partial charge in [-0.3, -0.25) is 9.69 Å². The second kappa shape index (κ2) is 6.91. The largest absolute Gasteiger partial charge is 0.469 e. The van der Waals surface area contributed by atoms with Crippen molar-refractivity contribution in [2.45, 2.75) is 37.1 Å². The number of ether oxygens (including phenoxy) is 3. The molecule has 5 atom stereocenters. The van der Waals surface area contributed by atoms with Gasteiger partial charge in [0.05, 0.1) is 24.8 Å². The van der Waals surface area contributed by atoms with Crippen molar-refractivity contribution in [3.63, 3.8) is 0 Å². The molecule has 3 rings (SSSR count). The minimum absolute atomic E-state index is 0.0653. The normalized spacial score (nSPS) is 32.4. The van der Waals surface area contributed by atoms with Crippen molar-refractivity contribution < 1.29 is 23.8 Å². The summed E-state index contributed by atoms with van der Waals surface area (Å²) in [4.78, 5) is 27.0. The van der Waals surface area contributed by atoms with Crippen LogP contribution in [-0.2, 0) is 19.0 Å². The summed E-state index contributed by atoms with van der Waals surface area (Å²) >= 11 is 0. The molecule has 6 nitrogen and oxygen atoms in total. The molecule has 0 aliphatic carbocycles. The molecule has 6 heteroatoms. The van der Waals surface area contributed by atoms with Crippen LogP contribution >= 0.6 is 0 Å². The minimum Gasteiger partial charge on any atom is -0.469 e. The molecule has 2 aliphatic rings. The summed E-state index contributed by atoms with van der Waals surface area (Å²) < 4.78 is 16.3. The molecule has 0 saturated carbocycles. The Morgan fingerprint density at radius 3 is 2.38 bits per heavy atom. The van der Waals surface area contributed by atoms with Crippen LogP contribution in [0, 0.1) is 5.92 Å². The molecule has 2 fully saturated rings. The zero-order chi connectivity index (χ0) is 17.3. The second-order valence-corrected chi connectivity index (χ2v) is 6.41. The quantitative estimate of drug-likeness (QED) is 0.778. The molecule has 2 heterocycles. The molecule has 0 spiro atoms. The first-order chi connectivity index (χ1) is 11.6. The Morgan fingerprint density at radius 1 is 1.08 bits per heavy atom. The van der Waals surface area contributed by atoms with Crippen LogP contribution in [0.1, 0.15) is 23.2 Å². The van der Waals surface area contributed by atoms with Crippen molar-refractivity contribution in [1.29, 1.82) is 0 Å². The number of methoxy groups -OCH3 is 2. The van der Waals surface area contributed by atoms with Gasteiger partial charge in [0, 0.05) is 19.6 Å². The van der Waals surface area contributed by atoms with Gasteiger partial charge in [-0.2, -0.15) is 0 Å². The number of rotatable bonds is 4. The molecule has 2 bridgehead atoms. The van der Waals surface area contributed by atoms with Gasteiger partial charge in [-0.05, 0) is 25.6 Å². The van der Waals surface area contributed by atoms with E-state index in [0.29, 0.717) is 12.0 Å². The van der Waals surface area contributed by atoms with E-state index in [1.165, 1.54) is 7.11 Å². The van der Waals surface area contributed by atoms with Gasteiger partial charge in [0.1, 0.15) is 12.0 Å². The van der Waals surface area contributed by atoms with Crippen LogP contribution in [0.3, 0.4) is 0 Å². The monoisotopic (exact) mass is 333 g/mol. The van der Waals surface area contributed by atoms with Crippen molar-refractivity contribution in [3.05, 3.63) is 35.9 Å². The predicted molar refractivity (Wildman–Crippen MR) is 86.5 cm³/mol. The Labute approximate surface area is 141 Å². The molecule has 1 aromatic rings. The molecule has 2 saturated heterocycles. The summed E-state index contributed by atoms with van der Waals surface area (Å²) in [5.41, 5.74) is 0.482. The Morgan fingerprint density at radius 2 is 1.75 bits per heavy atom. The van der Waals surface area contributed by atoms with E-state index < -0.39 is 18.0 Å². The first-order valence-corrected chi connectivity index (χ1v) is 8.15. The predicted octanol–water partition coefficient (Wildman–Crippen LogP) is 1.49. The van der Waals surface area contributed by atoms with Crippen molar-refractivity contribution in [1.82, 2.24) is 4.90 Å². The molecule has 1 unspecified atom stereocenters. The highest BCUT2D eigenvalue weighted by molar-refractivity contribution is 5.89. The Bertz CT molecular complexity index is 605. The number of carbonyl (C=O) groups excluding carboxylic acids is 2. The fraction of sp³-hybridized carbons (Fsp3) is 0.556. The number of hydrogen-bond acceptors (Lipinski definition) is 6. The topological polar surface area (TPSA) is 65.1 Å². The summed E-state index contributed by atoms with van der Waals surface area (Å²) in [6, 6.07) is 8.91. The van der Waals surface area contributed by atoms with Gasteiger partial charge in [-0.15, -0.1) is 0 Å². The van der Waals surface area contributed by atoms with Crippen LogP contribution in [0.2, 0.25) is 0 Å². The van der Waals surface area contributed by atoms with Crippen LogP contribution in [0.25, 0.3) is 0 Å². The molecule has 130 valence electrons. The third-order valence-corrected chi connectivity index (χ3v) is 5.25. The van der Waals surface area contributed by atoms with E-state index in [4.69, 9.17) is 14.2 Å². The van der Waals surface area contributed by atoms with Gasteiger partial charge in [0.15, 0.2) is 0 Å². The molecule has 0 radical (unpaired) electrons.